The van der Waals surface area contributed by atoms with Crippen molar-refractivity contribution in [3.8, 4) is 0 Å². The average Bonchev–Trinajstić information content (AvgIpc) is 3.86. The Morgan fingerprint density at radius 1 is 0.683 bits per heavy atom. The van der Waals surface area contributed by atoms with Crippen LogP contribution in [0.4, 0.5) is 0 Å². The smallest absolute Gasteiger partial charge is 0.184 e. The highest BCUT2D eigenvalue weighted by Crippen LogP contribution is 2.73. The molecule has 13 heteroatoms. The van der Waals surface area contributed by atoms with Gasteiger partial charge in [0.15, 0.2) is 18.4 Å². The topological polar surface area (TPSA) is 152 Å². The van der Waals surface area contributed by atoms with Gasteiger partial charge in [-0.15, -0.1) is 0 Å². The van der Waals surface area contributed by atoms with Crippen LogP contribution >= 0.6 is 0 Å². The number of hydrogen-bond acceptors (Lipinski definition) is 11. The highest BCUT2D eigenvalue weighted by molar-refractivity contribution is 5.22. The Morgan fingerprint density at radius 3 is 1.73 bits per heavy atom. The van der Waals surface area contributed by atoms with Crippen LogP contribution < -0.4 is 0 Å². The molecule has 63 heavy (non-hydrogen) atoms. The van der Waals surface area contributed by atoms with Gasteiger partial charge in [-0.05, 0) is 46.4 Å². The van der Waals surface area contributed by atoms with E-state index >= 15 is 0 Å². The summed E-state index contributed by atoms with van der Waals surface area (Å²) >= 11 is 0. The minimum absolute atomic E-state index is 0.0690. The Hall–Kier alpha value is -4.21. The van der Waals surface area contributed by atoms with Gasteiger partial charge in [0, 0.05) is 22.3 Å². The van der Waals surface area contributed by atoms with E-state index in [-0.39, 0.29) is 30.7 Å². The summed E-state index contributed by atoms with van der Waals surface area (Å²) in [5, 5.41) is 16.1. The molecule has 15 atom stereocenters. The van der Waals surface area contributed by atoms with Crippen molar-refractivity contribution in [3.63, 3.8) is 0 Å². The summed E-state index contributed by atoms with van der Waals surface area (Å²) in [6, 6.07) is 38.3. The van der Waals surface area contributed by atoms with Gasteiger partial charge in [0.05, 0.1) is 32.5 Å². The zero-order valence-electron chi connectivity index (χ0n) is 36.0. The average molecular weight is 860 g/mol. The van der Waals surface area contributed by atoms with Crippen molar-refractivity contribution < 1.29 is 47.7 Å². The molecule has 3 saturated carbocycles. The third kappa shape index (κ3) is 7.81. The molecule has 1 spiro atoms. The van der Waals surface area contributed by atoms with Crippen LogP contribution in [0, 0.1) is 16.7 Å². The molecule has 13 nitrogen and oxygen atoms in total. The van der Waals surface area contributed by atoms with E-state index in [1.54, 1.807) is 0 Å². The Bertz CT molecular complexity index is 2200. The first kappa shape index (κ1) is 42.7. The predicted octanol–water partition coefficient (Wildman–Crippen LogP) is 8.35. The van der Waals surface area contributed by atoms with Gasteiger partial charge in [-0.1, -0.05) is 147 Å². The van der Waals surface area contributed by atoms with E-state index in [1.165, 1.54) is 0 Å². The zero-order chi connectivity index (χ0) is 43.2. The minimum atomic E-state index is -1.30. The molecule has 6 aliphatic rings. The quantitative estimate of drug-likeness (QED) is 0.0789. The maximum Gasteiger partial charge on any atom is 0.184 e. The molecule has 4 aromatic carbocycles. The monoisotopic (exact) mass is 859 g/mol. The standard InChI is InChI=1S/C50H57N3O10/c1-48(2)35-24-25-49(48,3)50(26-35)62-44-42(57-29-33-20-12-6-13-21-33)40(55-27-31-16-8-4-9-17-31)41(56-28-32-18-10-5-11-19-32)43(45(44)63-50)61-47-37(52-53-51)38(54)39-36(59-47)30-58-46(60-39)34-22-14-7-15-23-34/h4-23,35-47,54H,24-30H2,1-3H3/t35-,36+,37+,38+,39+,40-,41-,42+,43+,44+,45-,46+,47+,49-,50?/m0/s1. The number of nitrogens with zero attached hydrogens (tertiary/aromatic N) is 3. The lowest BCUT2D eigenvalue weighted by Gasteiger charge is -2.50. The van der Waals surface area contributed by atoms with Crippen molar-refractivity contribution in [1.82, 2.24) is 0 Å². The lowest BCUT2D eigenvalue weighted by atomic mass is 9.68. The SMILES string of the molecule is CC1(C)[C@H]2CC[C@]1(C)C1(C2)O[C@@H]2[C@H](OCc3ccccc3)[C@@H](OCc3ccccc3)[C@H](OCc3ccccc3)[C@@H](O[C@H]3O[C@@H]4CO[C@@H](c5ccccc5)O[C@H]4[C@H](O)[C@H]3N=[N+]=[N-])[C@@H]2O1. The van der Waals surface area contributed by atoms with Gasteiger partial charge < -0.3 is 47.7 Å². The molecular formula is C50H57N3O10. The highest BCUT2D eigenvalue weighted by Gasteiger charge is 2.76. The van der Waals surface area contributed by atoms with Crippen LogP contribution in [0.3, 0.4) is 0 Å². The number of hydrogen-bond donors (Lipinski definition) is 1. The number of aliphatic hydroxyl groups is 1. The van der Waals surface area contributed by atoms with E-state index in [4.69, 9.17) is 42.6 Å². The second-order valence-electron chi connectivity index (χ2n) is 18.7. The fourth-order valence-electron chi connectivity index (χ4n) is 11.2. The first-order chi connectivity index (χ1) is 30.7. The molecule has 2 bridgehead atoms. The van der Waals surface area contributed by atoms with E-state index in [0.717, 1.165) is 35.1 Å². The summed E-state index contributed by atoms with van der Waals surface area (Å²) in [5.74, 6) is -0.571. The Kier molecular flexibility index (Phi) is 12.0. The molecular weight excluding hydrogens is 803 g/mol. The number of rotatable bonds is 13. The normalized spacial score (nSPS) is 38.8. The lowest BCUT2D eigenvalue weighted by molar-refractivity contribution is -0.360. The van der Waals surface area contributed by atoms with Gasteiger partial charge >= 0.3 is 0 Å². The largest absolute Gasteiger partial charge is 0.390 e. The first-order valence-electron chi connectivity index (χ1n) is 22.4. The van der Waals surface area contributed by atoms with Crippen molar-refractivity contribution in [1.29, 1.82) is 0 Å². The summed E-state index contributed by atoms with van der Waals surface area (Å²) in [7, 11) is 0. The van der Waals surface area contributed by atoms with Crippen molar-refractivity contribution in [2.75, 3.05) is 6.61 Å². The molecule has 10 rings (SSSR count). The molecule has 3 aliphatic heterocycles. The van der Waals surface area contributed by atoms with Crippen LogP contribution in [-0.4, -0.2) is 84.8 Å². The molecule has 3 heterocycles. The lowest BCUT2D eigenvalue weighted by Crippen LogP contribution is -2.68. The number of aliphatic hydroxyl groups excluding tert-OH is 1. The number of ether oxygens (including phenoxy) is 9. The molecule has 0 amide bonds. The van der Waals surface area contributed by atoms with Crippen LogP contribution in [-0.2, 0) is 62.5 Å². The second-order valence-corrected chi connectivity index (χ2v) is 18.7. The maximum absolute atomic E-state index is 12.0. The van der Waals surface area contributed by atoms with Gasteiger partial charge in [-0.2, -0.15) is 0 Å². The van der Waals surface area contributed by atoms with Gasteiger partial charge in [0.1, 0.15) is 54.9 Å². The molecule has 0 aromatic heterocycles. The van der Waals surface area contributed by atoms with E-state index < -0.39 is 79.3 Å². The Labute approximate surface area is 368 Å². The highest BCUT2D eigenvalue weighted by atomic mass is 16.8. The predicted molar refractivity (Wildman–Crippen MR) is 229 cm³/mol. The van der Waals surface area contributed by atoms with E-state index in [1.807, 2.05) is 121 Å². The molecule has 3 saturated heterocycles. The van der Waals surface area contributed by atoms with Crippen LogP contribution in [0.2, 0.25) is 0 Å². The van der Waals surface area contributed by atoms with Crippen molar-refractivity contribution in [2.45, 2.75) is 139 Å². The molecule has 1 unspecified atom stereocenters. The first-order valence-corrected chi connectivity index (χ1v) is 22.4. The summed E-state index contributed by atoms with van der Waals surface area (Å²) in [6.07, 6.45) is -6.77. The molecule has 6 fully saturated rings. The summed E-state index contributed by atoms with van der Waals surface area (Å²) in [6.45, 7) is 7.83. The molecule has 4 aromatic rings. The van der Waals surface area contributed by atoms with Crippen LogP contribution in [0.25, 0.3) is 10.4 Å². The third-order valence-corrected chi connectivity index (χ3v) is 15.1. The van der Waals surface area contributed by atoms with Crippen LogP contribution in [0.5, 0.6) is 0 Å². The molecule has 1 N–H and O–H groups in total. The van der Waals surface area contributed by atoms with Gasteiger partial charge in [0.2, 0.25) is 0 Å². The summed E-state index contributed by atoms with van der Waals surface area (Å²) in [4.78, 5) is 3.17. The number of fused-ring (bicyclic) bond motifs is 5. The Morgan fingerprint density at radius 2 is 1.21 bits per heavy atom. The fraction of sp³-hybridized carbons (Fsp3) is 0.520. The van der Waals surface area contributed by atoms with Gasteiger partial charge in [-0.25, -0.2) is 0 Å². The number of azide groups is 1. The molecule has 0 radical (unpaired) electrons. The fourth-order valence-corrected chi connectivity index (χ4v) is 11.2. The van der Waals surface area contributed by atoms with Crippen LogP contribution in [0.15, 0.2) is 126 Å². The summed E-state index contributed by atoms with van der Waals surface area (Å²) in [5.41, 5.74) is 13.3. The zero-order valence-corrected chi connectivity index (χ0v) is 36.0. The third-order valence-electron chi connectivity index (χ3n) is 15.1. The Balaban J connectivity index is 1.04. The van der Waals surface area contributed by atoms with Gasteiger partial charge in [-0.3, -0.25) is 0 Å². The van der Waals surface area contributed by atoms with E-state index in [0.29, 0.717) is 18.9 Å². The second kappa shape index (κ2) is 17.6. The van der Waals surface area contributed by atoms with Crippen molar-refractivity contribution >= 4 is 0 Å². The van der Waals surface area contributed by atoms with Crippen molar-refractivity contribution in [2.24, 2.45) is 21.9 Å². The number of benzene rings is 4. The van der Waals surface area contributed by atoms with Crippen LogP contribution in [0.1, 0.15) is 68.6 Å². The molecule has 332 valence electrons. The molecule has 3 aliphatic carbocycles. The van der Waals surface area contributed by atoms with Gasteiger partial charge in [0.25, 0.3) is 0 Å². The van der Waals surface area contributed by atoms with E-state index in [9.17, 15) is 10.6 Å². The maximum atomic E-state index is 12.0. The summed E-state index contributed by atoms with van der Waals surface area (Å²) < 4.78 is 62.4. The minimum Gasteiger partial charge on any atom is -0.390 e. The van der Waals surface area contributed by atoms with Crippen molar-refractivity contribution in [3.05, 3.63) is 154 Å². The van der Waals surface area contributed by atoms with E-state index in [2.05, 4.69) is 30.8 Å².